The van der Waals surface area contributed by atoms with Gasteiger partial charge in [0.1, 0.15) is 10.7 Å². The van der Waals surface area contributed by atoms with Crippen LogP contribution in [0.25, 0.3) is 0 Å². The zero-order valence-electron chi connectivity index (χ0n) is 20.2. The Morgan fingerprint density at radius 2 is 1.91 bits per heavy atom. The topological polar surface area (TPSA) is 102 Å². The number of aliphatic imine (C=N–C) groups is 1. The number of aromatic nitrogens is 3. The highest BCUT2D eigenvalue weighted by Gasteiger charge is 2.23. The Labute approximate surface area is 206 Å². The van der Waals surface area contributed by atoms with Gasteiger partial charge in [-0.1, -0.05) is 24.8 Å². The molecule has 8 nitrogen and oxygen atoms in total. The van der Waals surface area contributed by atoms with E-state index >= 15 is 0 Å². The summed E-state index contributed by atoms with van der Waals surface area (Å²) in [7, 11) is 0. The molecule has 0 radical (unpaired) electrons. The van der Waals surface area contributed by atoms with E-state index in [1.807, 2.05) is 32.2 Å². The molecule has 1 aliphatic heterocycles. The molecular formula is C25H35N5O3S. The van der Waals surface area contributed by atoms with Gasteiger partial charge in [-0.15, -0.1) is 0 Å². The van der Waals surface area contributed by atoms with Gasteiger partial charge in [-0.05, 0) is 69.9 Å². The second-order valence-corrected chi connectivity index (χ2v) is 9.87. The normalized spacial score (nSPS) is 24.1. The number of pyridine rings is 1. The minimum atomic E-state index is -0.574. The van der Waals surface area contributed by atoms with E-state index in [2.05, 4.69) is 23.3 Å². The van der Waals surface area contributed by atoms with Crippen molar-refractivity contribution in [3.05, 3.63) is 35.7 Å². The molecule has 0 bridgehead atoms. The van der Waals surface area contributed by atoms with Gasteiger partial charge in [-0.3, -0.25) is 0 Å². The first-order chi connectivity index (χ1) is 16.6. The minimum absolute atomic E-state index is 0.210. The van der Waals surface area contributed by atoms with Crippen molar-refractivity contribution in [1.29, 1.82) is 0 Å². The van der Waals surface area contributed by atoms with Crippen LogP contribution >= 0.6 is 11.8 Å². The van der Waals surface area contributed by atoms with Crippen LogP contribution in [0.3, 0.4) is 0 Å². The first-order valence-corrected chi connectivity index (χ1v) is 13.1. The van der Waals surface area contributed by atoms with Crippen LogP contribution in [0.5, 0.6) is 0 Å². The summed E-state index contributed by atoms with van der Waals surface area (Å²) < 4.78 is 11.6. The third-order valence-corrected chi connectivity index (χ3v) is 7.28. The van der Waals surface area contributed by atoms with Gasteiger partial charge in [0, 0.05) is 31.5 Å². The first kappa shape index (κ1) is 25.0. The van der Waals surface area contributed by atoms with Gasteiger partial charge >= 0.3 is 0 Å². The number of hydrogen-bond acceptors (Lipinski definition) is 9. The molecule has 1 atom stereocenters. The fourth-order valence-electron chi connectivity index (χ4n) is 4.35. The zero-order chi connectivity index (χ0) is 23.9. The SMILES string of the molecule is CCOC(OCC)c1cc(N=C2CCC(C)c3cccnc3S2)nc(NC2CCC(O)CC2)n1. The number of aliphatic hydroxyl groups is 1. The number of rotatable bonds is 8. The molecule has 0 amide bonds. The molecule has 1 unspecified atom stereocenters. The second-order valence-electron chi connectivity index (χ2n) is 8.81. The van der Waals surface area contributed by atoms with Gasteiger partial charge in [0.2, 0.25) is 12.2 Å². The number of anilines is 1. The average molecular weight is 486 g/mol. The standard InChI is InChI=1S/C25H35N5O3S/c1-4-32-24(33-5-2)20-15-21(30-25(28-20)27-17-9-11-18(31)12-10-17)29-22-13-8-16(3)19-7-6-14-26-23(19)34-22/h6-7,14-18,24,31H,4-5,8-13H2,1-3H3,(H,27,28,30). The molecule has 3 heterocycles. The van der Waals surface area contributed by atoms with E-state index in [9.17, 15) is 5.11 Å². The van der Waals surface area contributed by atoms with Crippen molar-refractivity contribution in [1.82, 2.24) is 15.0 Å². The van der Waals surface area contributed by atoms with Crippen molar-refractivity contribution in [2.45, 2.75) is 88.7 Å². The molecule has 1 fully saturated rings. The summed E-state index contributed by atoms with van der Waals surface area (Å²) in [5.74, 6) is 1.54. The lowest BCUT2D eigenvalue weighted by Crippen LogP contribution is -2.29. The molecule has 0 spiro atoms. The molecule has 0 saturated heterocycles. The maximum absolute atomic E-state index is 9.85. The third-order valence-electron chi connectivity index (χ3n) is 6.22. The molecule has 2 aromatic heterocycles. The summed E-state index contributed by atoms with van der Waals surface area (Å²) >= 11 is 1.62. The highest BCUT2D eigenvalue weighted by Crippen LogP contribution is 2.37. The highest BCUT2D eigenvalue weighted by molar-refractivity contribution is 8.14. The van der Waals surface area contributed by atoms with Gasteiger partial charge in [0.25, 0.3) is 0 Å². The van der Waals surface area contributed by atoms with Crippen molar-refractivity contribution in [3.63, 3.8) is 0 Å². The largest absolute Gasteiger partial charge is 0.393 e. The van der Waals surface area contributed by atoms with Crippen LogP contribution in [0.1, 0.15) is 82.8 Å². The summed E-state index contributed by atoms with van der Waals surface area (Å²) in [4.78, 5) is 19.0. The third kappa shape index (κ3) is 6.53. The van der Waals surface area contributed by atoms with Crippen molar-refractivity contribution in [2.75, 3.05) is 18.5 Å². The van der Waals surface area contributed by atoms with Crippen molar-refractivity contribution in [2.24, 2.45) is 4.99 Å². The second kappa shape index (κ2) is 12.1. The number of fused-ring (bicyclic) bond motifs is 1. The molecule has 0 aromatic carbocycles. The van der Waals surface area contributed by atoms with Gasteiger partial charge < -0.3 is 19.9 Å². The van der Waals surface area contributed by atoms with E-state index in [1.165, 1.54) is 5.56 Å². The summed E-state index contributed by atoms with van der Waals surface area (Å²) in [5.41, 5.74) is 1.93. The van der Waals surface area contributed by atoms with Crippen LogP contribution in [-0.2, 0) is 9.47 Å². The van der Waals surface area contributed by atoms with Crippen molar-refractivity contribution in [3.8, 4) is 0 Å². The Bertz CT molecular complexity index is 975. The molecule has 184 valence electrons. The molecule has 1 saturated carbocycles. The number of thioether (sulfide) groups is 1. The van der Waals surface area contributed by atoms with E-state index in [1.54, 1.807) is 11.8 Å². The smallest absolute Gasteiger partial charge is 0.225 e. The Kier molecular flexibility index (Phi) is 8.88. The number of hydrogen-bond donors (Lipinski definition) is 2. The average Bonchev–Trinajstić information content (AvgIpc) is 2.99. The zero-order valence-corrected chi connectivity index (χ0v) is 21.1. The molecule has 2 N–H and O–H groups in total. The summed E-state index contributed by atoms with van der Waals surface area (Å²) in [5, 5.41) is 15.3. The summed E-state index contributed by atoms with van der Waals surface area (Å²) in [6.45, 7) is 7.14. The van der Waals surface area contributed by atoms with Crippen LogP contribution in [0.4, 0.5) is 11.8 Å². The Morgan fingerprint density at radius 1 is 1.15 bits per heavy atom. The lowest BCUT2D eigenvalue weighted by Gasteiger charge is -2.26. The van der Waals surface area contributed by atoms with Gasteiger partial charge in [0.15, 0.2) is 5.82 Å². The maximum Gasteiger partial charge on any atom is 0.225 e. The van der Waals surface area contributed by atoms with E-state index in [0.717, 1.165) is 48.6 Å². The molecule has 1 aliphatic carbocycles. The predicted octanol–water partition coefficient (Wildman–Crippen LogP) is 5.38. The predicted molar refractivity (Wildman–Crippen MR) is 135 cm³/mol. The summed E-state index contributed by atoms with van der Waals surface area (Å²) in [6, 6.07) is 6.23. The first-order valence-electron chi connectivity index (χ1n) is 12.3. The molecule has 34 heavy (non-hydrogen) atoms. The Balaban J connectivity index is 1.64. The maximum atomic E-state index is 9.85. The monoisotopic (exact) mass is 485 g/mol. The number of ether oxygens (including phenoxy) is 2. The number of aliphatic hydroxyl groups excluding tert-OH is 1. The molecule has 2 aliphatic rings. The molecular weight excluding hydrogens is 450 g/mol. The molecule has 9 heteroatoms. The lowest BCUT2D eigenvalue weighted by atomic mass is 9.93. The van der Waals surface area contributed by atoms with E-state index in [4.69, 9.17) is 24.4 Å². The van der Waals surface area contributed by atoms with E-state index in [0.29, 0.717) is 36.6 Å². The minimum Gasteiger partial charge on any atom is -0.393 e. The highest BCUT2D eigenvalue weighted by atomic mass is 32.2. The van der Waals surface area contributed by atoms with E-state index < -0.39 is 6.29 Å². The van der Waals surface area contributed by atoms with Gasteiger partial charge in [-0.2, -0.15) is 4.98 Å². The van der Waals surface area contributed by atoms with Gasteiger partial charge in [-0.25, -0.2) is 15.0 Å². The lowest BCUT2D eigenvalue weighted by molar-refractivity contribution is -0.142. The fraction of sp³-hybridized carbons (Fsp3) is 0.600. The number of nitrogens with zero attached hydrogens (tertiary/aromatic N) is 4. The summed E-state index contributed by atoms with van der Waals surface area (Å²) in [6.07, 6.45) is 6.27. The van der Waals surface area contributed by atoms with Crippen LogP contribution in [0, 0.1) is 0 Å². The molecule has 2 aromatic rings. The van der Waals surface area contributed by atoms with Crippen LogP contribution in [-0.4, -0.2) is 50.5 Å². The quantitative estimate of drug-likeness (QED) is 0.481. The molecule has 4 rings (SSSR count). The van der Waals surface area contributed by atoms with E-state index in [-0.39, 0.29) is 12.1 Å². The van der Waals surface area contributed by atoms with Crippen molar-refractivity contribution < 1.29 is 14.6 Å². The number of nitrogens with one attached hydrogen (secondary N) is 1. The van der Waals surface area contributed by atoms with Crippen LogP contribution in [0.15, 0.2) is 34.4 Å². The Morgan fingerprint density at radius 3 is 2.65 bits per heavy atom. The Hall–Kier alpha value is -2.07. The fourth-order valence-corrected chi connectivity index (χ4v) is 5.43. The van der Waals surface area contributed by atoms with Gasteiger partial charge in [0.05, 0.1) is 11.1 Å². The van der Waals surface area contributed by atoms with Crippen molar-refractivity contribution >= 4 is 28.6 Å². The van der Waals surface area contributed by atoms with Crippen LogP contribution < -0.4 is 5.32 Å². The van der Waals surface area contributed by atoms with Crippen LogP contribution in [0.2, 0.25) is 0 Å².